The fraction of sp³-hybridized carbons (Fsp3) is 0.455. The number of anilines is 2. The van der Waals surface area contributed by atoms with Crippen LogP contribution in [0.25, 0.3) is 0 Å². The standard InChI is InChI=1S/C22H29N5O5S/c1-25(17-4-6-20(7-5-17)33(23,29)30)9-10-26(2)21-8-3-16(11-24-21)22(28)27-12-18-14-31-15-19(13-27)32-18/h3-8,11,18-19H,9-10,12-15H2,1-2H3,(H2,23,29,30). The molecular formula is C22H29N5O5S. The predicted octanol–water partition coefficient (Wildman–Crippen LogP) is 0.541. The number of sulfonamides is 1. The Morgan fingerprint density at radius 3 is 2.27 bits per heavy atom. The van der Waals surface area contributed by atoms with E-state index in [0.29, 0.717) is 45.0 Å². The zero-order chi connectivity index (χ0) is 23.6. The number of pyridine rings is 1. The summed E-state index contributed by atoms with van der Waals surface area (Å²) in [6.07, 6.45) is 1.49. The van der Waals surface area contributed by atoms with Crippen molar-refractivity contribution < 1.29 is 22.7 Å². The van der Waals surface area contributed by atoms with E-state index < -0.39 is 10.0 Å². The fourth-order valence-electron chi connectivity index (χ4n) is 3.96. The lowest BCUT2D eigenvalue weighted by molar-refractivity contribution is -0.172. The Kier molecular flexibility index (Phi) is 6.84. The highest BCUT2D eigenvalue weighted by molar-refractivity contribution is 7.89. The van der Waals surface area contributed by atoms with Crippen LogP contribution in [-0.4, -0.2) is 89.9 Å². The summed E-state index contributed by atoms with van der Waals surface area (Å²) in [5.41, 5.74) is 1.44. The van der Waals surface area contributed by atoms with Gasteiger partial charge in [-0.25, -0.2) is 18.5 Å². The van der Waals surface area contributed by atoms with Crippen LogP contribution in [0, 0.1) is 0 Å². The maximum atomic E-state index is 12.9. The Morgan fingerprint density at radius 1 is 1.06 bits per heavy atom. The molecule has 2 unspecified atom stereocenters. The number of hydrogen-bond donors (Lipinski definition) is 1. The van der Waals surface area contributed by atoms with E-state index in [0.717, 1.165) is 11.5 Å². The second kappa shape index (κ2) is 9.64. The van der Waals surface area contributed by atoms with E-state index in [-0.39, 0.29) is 23.0 Å². The van der Waals surface area contributed by atoms with Crippen molar-refractivity contribution in [2.24, 2.45) is 5.14 Å². The number of carbonyl (C=O) groups excluding carboxylic acids is 1. The summed E-state index contributed by atoms with van der Waals surface area (Å²) in [6.45, 7) is 3.47. The van der Waals surface area contributed by atoms with Gasteiger partial charge in [0.1, 0.15) is 5.82 Å². The van der Waals surface area contributed by atoms with Crippen LogP contribution in [0.1, 0.15) is 10.4 Å². The quantitative estimate of drug-likeness (QED) is 0.617. The maximum Gasteiger partial charge on any atom is 0.255 e. The molecule has 2 saturated heterocycles. The van der Waals surface area contributed by atoms with Gasteiger partial charge in [0.25, 0.3) is 5.91 Å². The topological polar surface area (TPSA) is 118 Å². The number of nitrogens with zero attached hydrogens (tertiary/aromatic N) is 4. The smallest absolute Gasteiger partial charge is 0.255 e. The number of morpholine rings is 1. The van der Waals surface area contributed by atoms with Crippen molar-refractivity contribution in [2.45, 2.75) is 17.1 Å². The van der Waals surface area contributed by atoms with E-state index in [2.05, 4.69) is 4.98 Å². The molecule has 2 aliphatic heterocycles. The molecule has 2 bridgehead atoms. The van der Waals surface area contributed by atoms with E-state index in [1.165, 1.54) is 12.1 Å². The third kappa shape index (κ3) is 5.61. The van der Waals surface area contributed by atoms with Crippen molar-refractivity contribution >= 4 is 27.4 Å². The van der Waals surface area contributed by atoms with Gasteiger partial charge in [-0.2, -0.15) is 0 Å². The first-order valence-electron chi connectivity index (χ1n) is 10.7. The molecule has 0 spiro atoms. The minimum absolute atomic E-state index is 0.0421. The van der Waals surface area contributed by atoms with Crippen LogP contribution in [0.3, 0.4) is 0 Å². The van der Waals surface area contributed by atoms with Gasteiger partial charge < -0.3 is 24.2 Å². The first kappa shape index (κ1) is 23.4. The van der Waals surface area contributed by atoms with Gasteiger partial charge >= 0.3 is 0 Å². The molecule has 2 aliphatic rings. The van der Waals surface area contributed by atoms with Gasteiger partial charge in [-0.1, -0.05) is 0 Å². The average Bonchev–Trinajstić information content (AvgIpc) is 2.81. The number of ether oxygens (including phenoxy) is 2. The molecule has 2 fully saturated rings. The van der Waals surface area contributed by atoms with Crippen LogP contribution in [0.2, 0.25) is 0 Å². The van der Waals surface area contributed by atoms with Crippen molar-refractivity contribution in [3.8, 4) is 0 Å². The number of rotatable bonds is 7. The summed E-state index contributed by atoms with van der Waals surface area (Å²) >= 11 is 0. The van der Waals surface area contributed by atoms with E-state index in [9.17, 15) is 13.2 Å². The van der Waals surface area contributed by atoms with Crippen molar-refractivity contribution in [2.75, 3.05) is 63.3 Å². The molecule has 10 nitrogen and oxygen atoms in total. The van der Waals surface area contributed by atoms with E-state index in [1.807, 2.05) is 34.9 Å². The summed E-state index contributed by atoms with van der Waals surface area (Å²) in [5, 5.41) is 5.15. The monoisotopic (exact) mass is 475 g/mol. The summed E-state index contributed by atoms with van der Waals surface area (Å²) in [5.74, 6) is 0.719. The van der Waals surface area contributed by atoms with Crippen molar-refractivity contribution in [1.82, 2.24) is 9.88 Å². The predicted molar refractivity (Wildman–Crippen MR) is 124 cm³/mol. The van der Waals surface area contributed by atoms with Crippen LogP contribution < -0.4 is 14.9 Å². The summed E-state index contributed by atoms with van der Waals surface area (Å²) in [6, 6.07) is 10.1. The molecule has 11 heteroatoms. The molecule has 33 heavy (non-hydrogen) atoms. The SMILES string of the molecule is CN(CCN(C)c1ccc(C(=O)N2CC3COCC(C2)O3)cn1)c1ccc(S(N)(=O)=O)cc1. The number of fused-ring (bicyclic) bond motifs is 2. The molecule has 1 amide bonds. The third-order valence-corrected chi connectivity index (χ3v) is 6.82. The van der Waals surface area contributed by atoms with Crippen LogP contribution in [0.5, 0.6) is 0 Å². The van der Waals surface area contributed by atoms with Crippen LogP contribution >= 0.6 is 0 Å². The molecule has 0 aliphatic carbocycles. The Morgan fingerprint density at radius 2 is 1.70 bits per heavy atom. The zero-order valence-corrected chi connectivity index (χ0v) is 19.6. The minimum Gasteiger partial charge on any atom is -0.376 e. The highest BCUT2D eigenvalue weighted by Gasteiger charge is 2.34. The number of aromatic nitrogens is 1. The van der Waals surface area contributed by atoms with Gasteiger partial charge in [0, 0.05) is 52.2 Å². The van der Waals surface area contributed by atoms with Gasteiger partial charge in [-0.15, -0.1) is 0 Å². The Labute approximate surface area is 193 Å². The van der Waals surface area contributed by atoms with Crippen molar-refractivity contribution in [1.29, 1.82) is 0 Å². The van der Waals surface area contributed by atoms with Crippen molar-refractivity contribution in [3.05, 3.63) is 48.2 Å². The Bertz CT molecular complexity index is 1070. The van der Waals surface area contributed by atoms with E-state index in [1.54, 1.807) is 24.4 Å². The molecule has 4 rings (SSSR count). The number of amides is 1. The summed E-state index contributed by atoms with van der Waals surface area (Å²) < 4.78 is 34.1. The molecule has 2 aromatic rings. The number of hydrogen-bond acceptors (Lipinski definition) is 8. The fourth-order valence-corrected chi connectivity index (χ4v) is 4.48. The third-order valence-electron chi connectivity index (χ3n) is 5.89. The van der Waals surface area contributed by atoms with Gasteiger partial charge in [0.15, 0.2) is 0 Å². The van der Waals surface area contributed by atoms with Gasteiger partial charge in [-0.3, -0.25) is 4.79 Å². The highest BCUT2D eigenvalue weighted by Crippen LogP contribution is 2.20. The molecule has 2 N–H and O–H groups in total. The number of carbonyl (C=O) groups is 1. The zero-order valence-electron chi connectivity index (χ0n) is 18.8. The molecule has 3 heterocycles. The number of likely N-dealkylation sites (N-methyl/N-ethyl adjacent to an activating group) is 2. The molecule has 2 atom stereocenters. The van der Waals surface area contributed by atoms with Gasteiger partial charge in [-0.05, 0) is 36.4 Å². The minimum atomic E-state index is -3.70. The Balaban J connectivity index is 1.31. The van der Waals surface area contributed by atoms with E-state index >= 15 is 0 Å². The second-order valence-corrected chi connectivity index (χ2v) is 9.98. The first-order valence-corrected chi connectivity index (χ1v) is 12.3. The van der Waals surface area contributed by atoms with Crippen LogP contribution in [-0.2, 0) is 19.5 Å². The number of nitrogens with two attached hydrogens (primary N) is 1. The first-order chi connectivity index (χ1) is 15.7. The normalized spacial score (nSPS) is 20.4. The summed E-state index contributed by atoms with van der Waals surface area (Å²) in [4.78, 5) is 23.3. The molecular weight excluding hydrogens is 446 g/mol. The number of primary sulfonamides is 1. The highest BCUT2D eigenvalue weighted by atomic mass is 32.2. The molecule has 178 valence electrons. The average molecular weight is 476 g/mol. The largest absolute Gasteiger partial charge is 0.376 e. The molecule has 1 aromatic carbocycles. The van der Waals surface area contributed by atoms with E-state index in [4.69, 9.17) is 14.6 Å². The molecule has 1 aromatic heterocycles. The molecule has 0 saturated carbocycles. The lowest BCUT2D eigenvalue weighted by Gasteiger charge is -2.41. The Hall–Kier alpha value is -2.73. The number of benzene rings is 1. The van der Waals surface area contributed by atoms with Gasteiger partial charge in [0.2, 0.25) is 10.0 Å². The van der Waals surface area contributed by atoms with Crippen molar-refractivity contribution in [3.63, 3.8) is 0 Å². The van der Waals surface area contributed by atoms with Crippen LogP contribution in [0.4, 0.5) is 11.5 Å². The van der Waals surface area contributed by atoms with Crippen LogP contribution in [0.15, 0.2) is 47.5 Å². The maximum absolute atomic E-state index is 12.9. The summed E-state index contributed by atoms with van der Waals surface area (Å²) in [7, 11) is 0.162. The second-order valence-electron chi connectivity index (χ2n) is 8.41. The lowest BCUT2D eigenvalue weighted by atomic mass is 10.1. The molecule has 0 radical (unpaired) electrons. The lowest BCUT2D eigenvalue weighted by Crippen LogP contribution is -2.55. The van der Waals surface area contributed by atoms with Gasteiger partial charge in [0.05, 0.1) is 35.9 Å².